The Hall–Kier alpha value is -1.20. The normalized spacial score (nSPS) is 12.8. The number of benzene rings is 1. The number of rotatable bonds is 2. The molecule has 2 aromatic rings. The fourth-order valence-electron chi connectivity index (χ4n) is 1.37. The van der Waals surface area contributed by atoms with Gasteiger partial charge in [0.25, 0.3) is 0 Å². The Kier molecular flexibility index (Phi) is 3.07. The Bertz CT molecular complexity index is 512. The lowest BCUT2D eigenvalue weighted by molar-refractivity contribution is 0.466. The molecular weight excluding hydrogens is 280 g/mol. The zero-order valence-electron chi connectivity index (χ0n) is 8.08. The van der Waals surface area contributed by atoms with Gasteiger partial charge in [-0.1, -0.05) is 6.07 Å². The van der Waals surface area contributed by atoms with Crippen molar-refractivity contribution in [2.24, 2.45) is 5.73 Å². The molecule has 1 heterocycles. The van der Waals surface area contributed by atoms with Crippen molar-refractivity contribution < 1.29 is 13.2 Å². The van der Waals surface area contributed by atoms with Crippen molar-refractivity contribution in [2.75, 3.05) is 0 Å². The maximum atomic E-state index is 13.0. The average molecular weight is 288 g/mol. The Morgan fingerprint density at radius 1 is 1.12 bits per heavy atom. The van der Waals surface area contributed by atoms with Gasteiger partial charge in [0.05, 0.1) is 6.04 Å². The van der Waals surface area contributed by atoms with Gasteiger partial charge in [-0.3, -0.25) is 0 Å². The van der Waals surface area contributed by atoms with Gasteiger partial charge >= 0.3 is 0 Å². The molecule has 0 aliphatic heterocycles. The number of furan rings is 1. The third-order valence-corrected chi connectivity index (χ3v) is 2.63. The summed E-state index contributed by atoms with van der Waals surface area (Å²) in [6, 6.07) is 6.30. The molecule has 0 spiro atoms. The fourth-order valence-corrected chi connectivity index (χ4v) is 1.68. The van der Waals surface area contributed by atoms with Crippen LogP contribution in [0, 0.1) is 11.6 Å². The van der Waals surface area contributed by atoms with E-state index in [9.17, 15) is 8.78 Å². The predicted molar refractivity (Wildman–Crippen MR) is 58.8 cm³/mol. The average Bonchev–Trinajstić information content (AvgIpc) is 2.68. The van der Waals surface area contributed by atoms with Crippen molar-refractivity contribution in [1.82, 2.24) is 0 Å². The molecule has 0 radical (unpaired) electrons. The maximum absolute atomic E-state index is 13.0. The second-order valence-corrected chi connectivity index (χ2v) is 4.07. The Labute approximate surface area is 99.2 Å². The van der Waals surface area contributed by atoms with E-state index in [-0.39, 0.29) is 0 Å². The molecule has 1 unspecified atom stereocenters. The summed E-state index contributed by atoms with van der Waals surface area (Å²) in [6.45, 7) is 0. The molecule has 1 aromatic heterocycles. The van der Waals surface area contributed by atoms with Crippen LogP contribution in [-0.4, -0.2) is 0 Å². The Morgan fingerprint density at radius 3 is 2.44 bits per heavy atom. The highest BCUT2D eigenvalue weighted by atomic mass is 79.9. The lowest BCUT2D eigenvalue weighted by Crippen LogP contribution is -2.11. The monoisotopic (exact) mass is 287 g/mol. The first-order valence-electron chi connectivity index (χ1n) is 4.53. The lowest BCUT2D eigenvalue weighted by Gasteiger charge is -2.09. The van der Waals surface area contributed by atoms with E-state index in [2.05, 4.69) is 15.9 Å². The number of halogens is 3. The molecular formula is C11H8BrF2NO. The van der Waals surface area contributed by atoms with E-state index >= 15 is 0 Å². The van der Waals surface area contributed by atoms with Crippen LogP contribution < -0.4 is 5.73 Å². The summed E-state index contributed by atoms with van der Waals surface area (Å²) in [5.74, 6) is -1.33. The van der Waals surface area contributed by atoms with Crippen LogP contribution in [0.2, 0.25) is 0 Å². The van der Waals surface area contributed by atoms with Crippen LogP contribution in [0.5, 0.6) is 0 Å². The van der Waals surface area contributed by atoms with Crippen LogP contribution in [-0.2, 0) is 0 Å². The summed E-state index contributed by atoms with van der Waals surface area (Å²) in [7, 11) is 0. The first-order valence-corrected chi connectivity index (χ1v) is 5.33. The van der Waals surface area contributed by atoms with Crippen LogP contribution in [0.15, 0.2) is 39.4 Å². The predicted octanol–water partition coefficient (Wildman–Crippen LogP) is 3.37. The molecule has 16 heavy (non-hydrogen) atoms. The van der Waals surface area contributed by atoms with Crippen molar-refractivity contribution in [3.63, 3.8) is 0 Å². The highest BCUT2D eigenvalue weighted by Crippen LogP contribution is 2.25. The molecule has 0 amide bonds. The summed E-state index contributed by atoms with van der Waals surface area (Å²) in [4.78, 5) is 0. The van der Waals surface area contributed by atoms with Gasteiger partial charge in [-0.05, 0) is 45.8 Å². The van der Waals surface area contributed by atoms with Gasteiger partial charge in [-0.2, -0.15) is 0 Å². The van der Waals surface area contributed by atoms with Gasteiger partial charge in [-0.15, -0.1) is 0 Å². The van der Waals surface area contributed by atoms with Gasteiger partial charge in [0.2, 0.25) is 0 Å². The second kappa shape index (κ2) is 4.35. The van der Waals surface area contributed by atoms with Crippen molar-refractivity contribution >= 4 is 15.9 Å². The summed E-state index contributed by atoms with van der Waals surface area (Å²) >= 11 is 3.14. The topological polar surface area (TPSA) is 39.2 Å². The van der Waals surface area contributed by atoms with Crippen molar-refractivity contribution in [1.29, 1.82) is 0 Å². The first-order chi connectivity index (χ1) is 7.58. The quantitative estimate of drug-likeness (QED) is 0.920. The number of nitrogens with two attached hydrogens (primary N) is 1. The van der Waals surface area contributed by atoms with Crippen molar-refractivity contribution in [3.05, 3.63) is 58.0 Å². The van der Waals surface area contributed by atoms with E-state index in [1.807, 2.05) is 0 Å². The summed E-state index contributed by atoms with van der Waals surface area (Å²) in [5.41, 5.74) is 6.30. The lowest BCUT2D eigenvalue weighted by atomic mass is 10.1. The minimum Gasteiger partial charge on any atom is -0.452 e. The number of hydrogen-bond donors (Lipinski definition) is 1. The van der Waals surface area contributed by atoms with E-state index in [4.69, 9.17) is 10.2 Å². The fraction of sp³-hybridized carbons (Fsp3) is 0.0909. The molecule has 0 bridgehead atoms. The smallest absolute Gasteiger partial charge is 0.169 e. The van der Waals surface area contributed by atoms with Gasteiger partial charge in [-0.25, -0.2) is 8.78 Å². The van der Waals surface area contributed by atoms with E-state index in [1.165, 1.54) is 6.07 Å². The minimum absolute atomic E-state index is 0.459. The van der Waals surface area contributed by atoms with E-state index in [0.717, 1.165) is 12.1 Å². The standard InChI is InChI=1S/C11H8BrF2NO/c12-10-4-3-9(16-10)11(15)6-1-2-7(13)8(14)5-6/h1-5,11H,15H2. The largest absolute Gasteiger partial charge is 0.452 e. The minimum atomic E-state index is -0.918. The molecule has 2 rings (SSSR count). The number of hydrogen-bond acceptors (Lipinski definition) is 2. The summed E-state index contributed by atoms with van der Waals surface area (Å²) in [6.07, 6.45) is 0. The van der Waals surface area contributed by atoms with Crippen LogP contribution in [0.25, 0.3) is 0 Å². The van der Waals surface area contributed by atoms with Gasteiger partial charge in [0, 0.05) is 0 Å². The molecule has 5 heteroatoms. The molecule has 0 fully saturated rings. The SMILES string of the molecule is NC(c1ccc(F)c(F)c1)c1ccc(Br)o1. The van der Waals surface area contributed by atoms with Crippen molar-refractivity contribution in [3.8, 4) is 0 Å². The molecule has 84 valence electrons. The zero-order valence-corrected chi connectivity index (χ0v) is 9.67. The van der Waals surface area contributed by atoms with Crippen LogP contribution in [0.1, 0.15) is 17.4 Å². The molecule has 1 atom stereocenters. The third-order valence-electron chi connectivity index (χ3n) is 2.20. The Morgan fingerprint density at radius 2 is 1.88 bits per heavy atom. The van der Waals surface area contributed by atoms with Gasteiger partial charge < -0.3 is 10.2 Å². The maximum Gasteiger partial charge on any atom is 0.169 e. The van der Waals surface area contributed by atoms with E-state index in [0.29, 0.717) is 16.0 Å². The highest BCUT2D eigenvalue weighted by molar-refractivity contribution is 9.10. The molecule has 0 aliphatic carbocycles. The molecule has 0 saturated carbocycles. The highest BCUT2D eigenvalue weighted by Gasteiger charge is 2.14. The molecule has 2 nitrogen and oxygen atoms in total. The van der Waals surface area contributed by atoms with Gasteiger partial charge in [0.15, 0.2) is 16.3 Å². The van der Waals surface area contributed by atoms with Crippen molar-refractivity contribution in [2.45, 2.75) is 6.04 Å². The summed E-state index contributed by atoms with van der Waals surface area (Å²) in [5, 5.41) is 0. The van der Waals surface area contributed by atoms with E-state index < -0.39 is 17.7 Å². The molecule has 0 aliphatic rings. The van der Waals surface area contributed by atoms with Crippen LogP contribution in [0.3, 0.4) is 0 Å². The van der Waals surface area contributed by atoms with Crippen LogP contribution in [0.4, 0.5) is 8.78 Å². The second-order valence-electron chi connectivity index (χ2n) is 3.29. The summed E-state index contributed by atoms with van der Waals surface area (Å²) < 4.78 is 31.5. The molecule has 2 N–H and O–H groups in total. The zero-order chi connectivity index (χ0) is 11.7. The van der Waals surface area contributed by atoms with E-state index in [1.54, 1.807) is 12.1 Å². The van der Waals surface area contributed by atoms with Gasteiger partial charge in [0.1, 0.15) is 5.76 Å². The third kappa shape index (κ3) is 2.15. The first kappa shape index (κ1) is 11.3. The molecule has 0 saturated heterocycles. The van der Waals surface area contributed by atoms with Crippen LogP contribution >= 0.6 is 15.9 Å². The molecule has 1 aromatic carbocycles. The Balaban J connectivity index is 2.33.